The van der Waals surface area contributed by atoms with Crippen molar-refractivity contribution in [3.63, 3.8) is 0 Å². The van der Waals surface area contributed by atoms with Crippen LogP contribution >= 0.6 is 0 Å². The van der Waals surface area contributed by atoms with Gasteiger partial charge in [-0.05, 0) is 61.3 Å². The summed E-state index contributed by atoms with van der Waals surface area (Å²) in [5, 5.41) is 3.54. The van der Waals surface area contributed by atoms with Gasteiger partial charge < -0.3 is 5.32 Å². The molecule has 0 bridgehead atoms. The Labute approximate surface area is 129 Å². The van der Waals surface area contributed by atoms with Crippen LogP contribution in [0, 0.1) is 11.3 Å². The molecule has 1 aliphatic carbocycles. The summed E-state index contributed by atoms with van der Waals surface area (Å²) in [6, 6.07) is 7.60. The maximum Gasteiger partial charge on any atom is 0.175 e. The molecule has 0 aliphatic heterocycles. The zero-order chi connectivity index (χ0) is 15.7. The lowest BCUT2D eigenvalue weighted by molar-refractivity contribution is 0.173. The minimum Gasteiger partial charge on any atom is -0.382 e. The van der Waals surface area contributed by atoms with E-state index in [9.17, 15) is 8.42 Å². The predicted octanol–water partition coefficient (Wildman–Crippen LogP) is 4.11. The van der Waals surface area contributed by atoms with E-state index in [4.69, 9.17) is 0 Å². The molecular formula is C17H27NO2S. The van der Waals surface area contributed by atoms with Gasteiger partial charge >= 0.3 is 0 Å². The summed E-state index contributed by atoms with van der Waals surface area (Å²) in [4.78, 5) is 0.379. The monoisotopic (exact) mass is 309 g/mol. The Kier molecular flexibility index (Phi) is 4.66. The van der Waals surface area contributed by atoms with Gasteiger partial charge in [-0.3, -0.25) is 0 Å². The zero-order valence-electron chi connectivity index (χ0n) is 13.5. The lowest BCUT2D eigenvalue weighted by atomic mass is 9.71. The van der Waals surface area contributed by atoms with Crippen LogP contribution in [0.25, 0.3) is 0 Å². The lowest BCUT2D eigenvalue weighted by Gasteiger charge is -2.37. The van der Waals surface area contributed by atoms with E-state index >= 15 is 0 Å². The van der Waals surface area contributed by atoms with E-state index in [-0.39, 0.29) is 0 Å². The van der Waals surface area contributed by atoms with E-state index in [0.29, 0.717) is 16.4 Å². The summed E-state index contributed by atoms with van der Waals surface area (Å²) < 4.78 is 22.9. The molecule has 0 amide bonds. The maximum absolute atomic E-state index is 11.4. The third-order valence-electron chi connectivity index (χ3n) is 4.61. The van der Waals surface area contributed by atoms with E-state index in [2.05, 4.69) is 26.1 Å². The van der Waals surface area contributed by atoms with Crippen molar-refractivity contribution in [2.45, 2.75) is 57.4 Å². The van der Waals surface area contributed by atoms with Crippen molar-refractivity contribution in [2.75, 3.05) is 11.6 Å². The van der Waals surface area contributed by atoms with Crippen molar-refractivity contribution in [2.24, 2.45) is 11.3 Å². The van der Waals surface area contributed by atoms with Gasteiger partial charge in [-0.25, -0.2) is 8.42 Å². The second-order valence-electron chi connectivity index (χ2n) is 7.36. The van der Waals surface area contributed by atoms with Gasteiger partial charge in [0.25, 0.3) is 0 Å². The summed E-state index contributed by atoms with van der Waals surface area (Å²) in [6.45, 7) is 6.99. The van der Waals surface area contributed by atoms with Crippen LogP contribution in [0.1, 0.15) is 46.5 Å². The fourth-order valence-corrected chi connectivity index (χ4v) is 3.77. The Bertz CT molecular complexity index is 562. The van der Waals surface area contributed by atoms with Crippen LogP contribution in [0.2, 0.25) is 0 Å². The van der Waals surface area contributed by atoms with Crippen LogP contribution in [0.3, 0.4) is 0 Å². The largest absolute Gasteiger partial charge is 0.382 e. The Morgan fingerprint density at radius 1 is 1.00 bits per heavy atom. The third kappa shape index (κ3) is 4.47. The van der Waals surface area contributed by atoms with Crippen molar-refractivity contribution in [3.05, 3.63) is 24.3 Å². The first-order chi connectivity index (χ1) is 9.66. The van der Waals surface area contributed by atoms with Crippen LogP contribution < -0.4 is 5.32 Å². The number of nitrogens with one attached hydrogen (secondary N) is 1. The molecular weight excluding hydrogens is 282 g/mol. The summed E-state index contributed by atoms with van der Waals surface area (Å²) in [6.07, 6.45) is 6.15. The van der Waals surface area contributed by atoms with Gasteiger partial charge in [-0.15, -0.1) is 0 Å². The number of rotatable bonds is 3. The summed E-state index contributed by atoms with van der Waals surface area (Å²) in [7, 11) is -3.10. The fraction of sp³-hybridized carbons (Fsp3) is 0.647. The average Bonchev–Trinajstić information content (AvgIpc) is 2.38. The van der Waals surface area contributed by atoms with Gasteiger partial charge in [0.05, 0.1) is 4.90 Å². The number of anilines is 1. The van der Waals surface area contributed by atoms with Crippen molar-refractivity contribution >= 4 is 15.5 Å². The minimum atomic E-state index is -3.10. The van der Waals surface area contributed by atoms with E-state index < -0.39 is 9.84 Å². The molecule has 1 aliphatic rings. The average molecular weight is 309 g/mol. The molecule has 118 valence electrons. The van der Waals surface area contributed by atoms with Crippen LogP contribution in [-0.4, -0.2) is 20.7 Å². The highest BCUT2D eigenvalue weighted by Crippen LogP contribution is 2.38. The first-order valence-corrected chi connectivity index (χ1v) is 9.62. The smallest absolute Gasteiger partial charge is 0.175 e. The highest BCUT2D eigenvalue weighted by Gasteiger charge is 2.29. The van der Waals surface area contributed by atoms with Crippen LogP contribution in [0.5, 0.6) is 0 Å². The first-order valence-electron chi connectivity index (χ1n) is 7.73. The van der Waals surface area contributed by atoms with Crippen molar-refractivity contribution < 1.29 is 8.42 Å². The number of sulfone groups is 1. The SMILES string of the molecule is CC(C)(C)C1CCC(Nc2ccc(S(C)(=O)=O)cc2)CC1. The van der Waals surface area contributed by atoms with Gasteiger partial charge in [-0.1, -0.05) is 20.8 Å². The van der Waals surface area contributed by atoms with Crippen LogP contribution in [0.15, 0.2) is 29.2 Å². The molecule has 0 unspecified atom stereocenters. The van der Waals surface area contributed by atoms with E-state index in [1.807, 2.05) is 12.1 Å². The number of hydrogen-bond acceptors (Lipinski definition) is 3. The zero-order valence-corrected chi connectivity index (χ0v) is 14.3. The molecule has 4 heteroatoms. The molecule has 0 radical (unpaired) electrons. The highest BCUT2D eigenvalue weighted by atomic mass is 32.2. The number of benzene rings is 1. The van der Waals surface area contributed by atoms with Gasteiger partial charge in [0.15, 0.2) is 9.84 Å². The molecule has 1 fully saturated rings. The molecule has 1 aromatic rings. The molecule has 1 aromatic carbocycles. The number of hydrogen-bond donors (Lipinski definition) is 1. The van der Waals surface area contributed by atoms with E-state index in [0.717, 1.165) is 11.6 Å². The summed E-state index contributed by atoms with van der Waals surface area (Å²) in [5.74, 6) is 0.808. The summed E-state index contributed by atoms with van der Waals surface area (Å²) in [5.41, 5.74) is 1.42. The molecule has 21 heavy (non-hydrogen) atoms. The van der Waals surface area contributed by atoms with E-state index in [1.54, 1.807) is 12.1 Å². The minimum absolute atomic E-state index is 0.379. The van der Waals surface area contributed by atoms with Gasteiger partial charge in [-0.2, -0.15) is 0 Å². The topological polar surface area (TPSA) is 46.2 Å². The molecule has 0 atom stereocenters. The lowest BCUT2D eigenvalue weighted by Crippen LogP contribution is -2.31. The molecule has 0 aromatic heterocycles. The van der Waals surface area contributed by atoms with Gasteiger partial charge in [0, 0.05) is 18.0 Å². The normalized spacial score (nSPS) is 23.8. The molecule has 0 saturated heterocycles. The Hall–Kier alpha value is -1.03. The standard InChI is InChI=1S/C17H27NO2S/c1-17(2,3)13-5-7-14(8-6-13)18-15-9-11-16(12-10-15)21(4,19)20/h9-14,18H,5-8H2,1-4H3. The Morgan fingerprint density at radius 3 is 1.95 bits per heavy atom. The Balaban J connectivity index is 1.92. The van der Waals surface area contributed by atoms with Crippen LogP contribution in [0.4, 0.5) is 5.69 Å². The molecule has 3 nitrogen and oxygen atoms in total. The highest BCUT2D eigenvalue weighted by molar-refractivity contribution is 7.90. The summed E-state index contributed by atoms with van der Waals surface area (Å²) >= 11 is 0. The van der Waals surface area contributed by atoms with Crippen molar-refractivity contribution in [1.82, 2.24) is 0 Å². The fourth-order valence-electron chi connectivity index (χ4n) is 3.14. The first kappa shape index (κ1) is 16.3. The van der Waals surface area contributed by atoms with Crippen molar-refractivity contribution in [3.8, 4) is 0 Å². The van der Waals surface area contributed by atoms with Crippen LogP contribution in [-0.2, 0) is 9.84 Å². The second-order valence-corrected chi connectivity index (χ2v) is 9.37. The maximum atomic E-state index is 11.4. The van der Waals surface area contributed by atoms with Crippen molar-refractivity contribution in [1.29, 1.82) is 0 Å². The molecule has 1 saturated carbocycles. The molecule has 1 N–H and O–H groups in total. The molecule has 0 spiro atoms. The predicted molar refractivity (Wildman–Crippen MR) is 88.4 cm³/mol. The quantitative estimate of drug-likeness (QED) is 0.914. The Morgan fingerprint density at radius 2 is 1.52 bits per heavy atom. The van der Waals surface area contributed by atoms with Gasteiger partial charge in [0.1, 0.15) is 0 Å². The molecule has 2 rings (SSSR count). The van der Waals surface area contributed by atoms with E-state index in [1.165, 1.54) is 31.9 Å². The molecule has 0 heterocycles. The third-order valence-corrected chi connectivity index (χ3v) is 5.73. The second kappa shape index (κ2) is 5.99. The van der Waals surface area contributed by atoms with Gasteiger partial charge in [0.2, 0.25) is 0 Å².